The van der Waals surface area contributed by atoms with Crippen LogP contribution in [0.25, 0.3) is 0 Å². The Hall–Kier alpha value is -1.10. The van der Waals surface area contributed by atoms with Crippen molar-refractivity contribution in [1.29, 1.82) is 0 Å². The van der Waals surface area contributed by atoms with Crippen molar-refractivity contribution in [3.63, 3.8) is 0 Å². The molecular weight excluding hydrogens is 313 g/mol. The van der Waals surface area contributed by atoms with E-state index in [2.05, 4.69) is 0 Å². The molecule has 2 rings (SSSR count). The summed E-state index contributed by atoms with van der Waals surface area (Å²) >= 11 is 11.8. The molecule has 1 aromatic rings. The van der Waals surface area contributed by atoms with Crippen molar-refractivity contribution in [2.75, 3.05) is 6.54 Å². The van der Waals surface area contributed by atoms with E-state index in [1.807, 2.05) is 6.07 Å². The molecular formula is C15H17Cl2NO3. The van der Waals surface area contributed by atoms with Crippen molar-refractivity contribution >= 4 is 34.9 Å². The van der Waals surface area contributed by atoms with Gasteiger partial charge in [0.1, 0.15) is 0 Å². The van der Waals surface area contributed by atoms with E-state index in [9.17, 15) is 9.59 Å². The van der Waals surface area contributed by atoms with Gasteiger partial charge in [0.25, 0.3) is 0 Å². The maximum atomic E-state index is 11.6. The molecule has 1 aliphatic heterocycles. The average molecular weight is 330 g/mol. The summed E-state index contributed by atoms with van der Waals surface area (Å²) in [6.45, 7) is 3.79. The van der Waals surface area contributed by atoms with Crippen LogP contribution < -0.4 is 0 Å². The third-order valence-electron chi connectivity index (χ3n) is 3.61. The SMILES string of the molecule is CC(=O)C1C[C@@H](OCc2ccc(Cl)c(Cl)c2)CN1C(C)=O. The largest absolute Gasteiger partial charge is 0.372 e. The molecule has 0 radical (unpaired) electrons. The molecule has 21 heavy (non-hydrogen) atoms. The number of Topliss-reactive ketones (excluding diaryl/α,β-unsaturated/α-hetero) is 1. The van der Waals surface area contributed by atoms with Crippen molar-refractivity contribution in [3.05, 3.63) is 33.8 Å². The van der Waals surface area contributed by atoms with Gasteiger partial charge in [-0.3, -0.25) is 9.59 Å². The molecule has 0 aliphatic carbocycles. The van der Waals surface area contributed by atoms with Gasteiger partial charge in [-0.05, 0) is 24.6 Å². The number of amides is 1. The predicted molar refractivity (Wildman–Crippen MR) is 81.5 cm³/mol. The van der Waals surface area contributed by atoms with Crippen molar-refractivity contribution in [2.45, 2.75) is 39.0 Å². The molecule has 2 atom stereocenters. The fraction of sp³-hybridized carbons (Fsp3) is 0.467. The first-order chi connectivity index (χ1) is 9.88. The first kappa shape index (κ1) is 16.3. The fourth-order valence-corrected chi connectivity index (χ4v) is 2.82. The van der Waals surface area contributed by atoms with Crippen LogP contribution in [0, 0.1) is 0 Å². The van der Waals surface area contributed by atoms with Gasteiger partial charge in [-0.25, -0.2) is 0 Å². The first-order valence-electron chi connectivity index (χ1n) is 6.71. The second-order valence-corrected chi connectivity index (χ2v) is 6.03. The predicted octanol–water partition coefficient (Wildman–Crippen LogP) is 3.09. The highest BCUT2D eigenvalue weighted by Gasteiger charge is 2.36. The second kappa shape index (κ2) is 6.77. The van der Waals surface area contributed by atoms with Crippen molar-refractivity contribution in [2.24, 2.45) is 0 Å². The summed E-state index contributed by atoms with van der Waals surface area (Å²) < 4.78 is 5.80. The zero-order chi connectivity index (χ0) is 15.6. The van der Waals surface area contributed by atoms with E-state index in [0.717, 1.165) is 5.56 Å². The third kappa shape index (κ3) is 3.96. The summed E-state index contributed by atoms with van der Waals surface area (Å²) in [4.78, 5) is 24.7. The normalized spacial score (nSPS) is 21.6. The third-order valence-corrected chi connectivity index (χ3v) is 4.35. The number of likely N-dealkylation sites (tertiary alicyclic amines) is 1. The molecule has 0 aromatic heterocycles. The van der Waals surface area contributed by atoms with E-state index in [4.69, 9.17) is 27.9 Å². The monoisotopic (exact) mass is 329 g/mol. The van der Waals surface area contributed by atoms with Gasteiger partial charge in [-0.15, -0.1) is 0 Å². The Kier molecular flexibility index (Phi) is 5.25. The lowest BCUT2D eigenvalue weighted by molar-refractivity contribution is -0.135. The highest BCUT2D eigenvalue weighted by atomic mass is 35.5. The van der Waals surface area contributed by atoms with Gasteiger partial charge in [0.05, 0.1) is 28.8 Å². The summed E-state index contributed by atoms with van der Waals surface area (Å²) in [5.41, 5.74) is 0.907. The summed E-state index contributed by atoms with van der Waals surface area (Å²) in [6.07, 6.45) is 0.396. The minimum Gasteiger partial charge on any atom is -0.372 e. The maximum Gasteiger partial charge on any atom is 0.220 e. The fourth-order valence-electron chi connectivity index (χ4n) is 2.50. The van der Waals surface area contributed by atoms with Crippen LogP contribution in [0.4, 0.5) is 0 Å². The highest BCUT2D eigenvalue weighted by molar-refractivity contribution is 6.42. The number of ether oxygens (including phenoxy) is 1. The summed E-state index contributed by atoms with van der Waals surface area (Å²) in [5, 5.41) is 0.983. The van der Waals surface area contributed by atoms with Crippen LogP contribution in [0.1, 0.15) is 25.8 Å². The quantitative estimate of drug-likeness (QED) is 0.852. The lowest BCUT2D eigenvalue weighted by Gasteiger charge is -2.20. The van der Waals surface area contributed by atoms with E-state index in [0.29, 0.717) is 29.6 Å². The van der Waals surface area contributed by atoms with Crippen LogP contribution in [0.2, 0.25) is 10.0 Å². The maximum absolute atomic E-state index is 11.6. The number of hydrogen-bond acceptors (Lipinski definition) is 3. The molecule has 6 heteroatoms. The number of benzene rings is 1. The molecule has 1 saturated heterocycles. The molecule has 1 unspecified atom stereocenters. The molecule has 114 valence electrons. The lowest BCUT2D eigenvalue weighted by Crippen LogP contribution is -2.38. The molecule has 1 aromatic carbocycles. The molecule has 0 spiro atoms. The standard InChI is InChI=1S/C15H17Cl2NO3/c1-9(19)15-6-12(7-18(15)10(2)20)21-8-11-3-4-13(16)14(17)5-11/h3-5,12,15H,6-8H2,1-2H3/t12-,15?/m1/s1. The number of nitrogens with zero attached hydrogens (tertiary/aromatic N) is 1. The summed E-state index contributed by atoms with van der Waals surface area (Å²) in [5.74, 6) is -0.110. The van der Waals surface area contributed by atoms with E-state index in [1.165, 1.54) is 13.8 Å². The van der Waals surface area contributed by atoms with E-state index >= 15 is 0 Å². The number of rotatable bonds is 4. The number of carbonyl (C=O) groups excluding carboxylic acids is 2. The van der Waals surface area contributed by atoms with Crippen LogP contribution in [0.15, 0.2) is 18.2 Å². The van der Waals surface area contributed by atoms with Gasteiger partial charge < -0.3 is 9.64 Å². The topological polar surface area (TPSA) is 46.6 Å². The Balaban J connectivity index is 1.96. The smallest absolute Gasteiger partial charge is 0.220 e. The number of carbonyl (C=O) groups is 2. The number of hydrogen-bond donors (Lipinski definition) is 0. The van der Waals surface area contributed by atoms with Crippen LogP contribution in [0.3, 0.4) is 0 Å². The zero-order valence-electron chi connectivity index (χ0n) is 11.9. The van der Waals surface area contributed by atoms with Crippen LogP contribution in [-0.4, -0.2) is 35.3 Å². The van der Waals surface area contributed by atoms with Crippen molar-refractivity contribution < 1.29 is 14.3 Å². The van der Waals surface area contributed by atoms with Crippen molar-refractivity contribution in [3.8, 4) is 0 Å². The van der Waals surface area contributed by atoms with E-state index < -0.39 is 0 Å². The molecule has 1 fully saturated rings. The van der Waals surface area contributed by atoms with E-state index in [1.54, 1.807) is 17.0 Å². The molecule has 1 aliphatic rings. The van der Waals surface area contributed by atoms with Gasteiger partial charge in [0.2, 0.25) is 5.91 Å². The average Bonchev–Trinajstić information content (AvgIpc) is 2.85. The van der Waals surface area contributed by atoms with Crippen LogP contribution >= 0.6 is 23.2 Å². The second-order valence-electron chi connectivity index (χ2n) is 5.22. The van der Waals surface area contributed by atoms with Gasteiger partial charge in [-0.1, -0.05) is 29.3 Å². The minimum atomic E-state index is -0.374. The summed E-state index contributed by atoms with van der Waals surface area (Å²) in [6, 6.07) is 4.94. The number of ketones is 1. The zero-order valence-corrected chi connectivity index (χ0v) is 13.4. The van der Waals surface area contributed by atoms with E-state index in [-0.39, 0.29) is 23.8 Å². The van der Waals surface area contributed by atoms with Gasteiger partial charge in [0.15, 0.2) is 5.78 Å². The first-order valence-corrected chi connectivity index (χ1v) is 7.47. The molecule has 0 saturated carbocycles. The lowest BCUT2D eigenvalue weighted by atomic mass is 10.1. The Bertz CT molecular complexity index is 540. The number of halogens is 2. The van der Waals surface area contributed by atoms with Crippen molar-refractivity contribution in [1.82, 2.24) is 4.90 Å². The molecule has 1 amide bonds. The Morgan fingerprint density at radius 1 is 1.29 bits per heavy atom. The van der Waals surface area contributed by atoms with Gasteiger partial charge in [0, 0.05) is 19.9 Å². The minimum absolute atomic E-state index is 0.00848. The van der Waals surface area contributed by atoms with Crippen LogP contribution in [0.5, 0.6) is 0 Å². The van der Waals surface area contributed by atoms with Gasteiger partial charge >= 0.3 is 0 Å². The molecule has 0 N–H and O–H groups in total. The Morgan fingerprint density at radius 2 is 2.00 bits per heavy atom. The highest BCUT2D eigenvalue weighted by Crippen LogP contribution is 2.25. The Labute approximate surface area is 134 Å². The molecule has 0 bridgehead atoms. The van der Waals surface area contributed by atoms with Gasteiger partial charge in [-0.2, -0.15) is 0 Å². The molecule has 1 heterocycles. The Morgan fingerprint density at radius 3 is 2.52 bits per heavy atom. The summed E-state index contributed by atoms with van der Waals surface area (Å²) in [7, 11) is 0. The van der Waals surface area contributed by atoms with Crippen LogP contribution in [-0.2, 0) is 20.9 Å². The molecule has 4 nitrogen and oxygen atoms in total.